The SMILES string of the molecule is COc1ccccc1CCNC(=O)c1ccc(I)c(O)c1. The molecule has 0 atom stereocenters. The van der Waals surface area contributed by atoms with Gasteiger partial charge in [-0.1, -0.05) is 18.2 Å². The van der Waals surface area contributed by atoms with Crippen LogP contribution in [0.4, 0.5) is 0 Å². The molecular formula is C16H16INO3. The highest BCUT2D eigenvalue weighted by molar-refractivity contribution is 14.1. The topological polar surface area (TPSA) is 58.6 Å². The number of aromatic hydroxyl groups is 1. The van der Waals surface area contributed by atoms with E-state index >= 15 is 0 Å². The van der Waals surface area contributed by atoms with E-state index in [1.165, 1.54) is 6.07 Å². The number of hydrogen-bond donors (Lipinski definition) is 2. The van der Waals surface area contributed by atoms with E-state index < -0.39 is 0 Å². The number of hydrogen-bond acceptors (Lipinski definition) is 3. The molecule has 0 aliphatic heterocycles. The molecule has 21 heavy (non-hydrogen) atoms. The number of phenolic OH excluding ortho intramolecular Hbond substituents is 1. The maximum absolute atomic E-state index is 12.0. The number of nitrogens with one attached hydrogen (secondary N) is 1. The fraction of sp³-hybridized carbons (Fsp3) is 0.188. The smallest absolute Gasteiger partial charge is 0.251 e. The Hall–Kier alpha value is -1.76. The molecule has 0 aromatic heterocycles. The van der Waals surface area contributed by atoms with Gasteiger partial charge in [-0.3, -0.25) is 4.79 Å². The van der Waals surface area contributed by atoms with E-state index in [1.807, 2.05) is 46.9 Å². The minimum absolute atomic E-state index is 0.118. The van der Waals surface area contributed by atoms with Crippen LogP contribution in [0.1, 0.15) is 15.9 Å². The molecule has 0 saturated heterocycles. The van der Waals surface area contributed by atoms with Crippen molar-refractivity contribution in [3.8, 4) is 11.5 Å². The minimum atomic E-state index is -0.198. The van der Waals surface area contributed by atoms with E-state index in [0.717, 1.165) is 14.9 Å². The Bertz CT molecular complexity index is 643. The fourth-order valence-electron chi connectivity index (χ4n) is 1.98. The molecule has 2 N–H and O–H groups in total. The zero-order valence-electron chi connectivity index (χ0n) is 11.6. The predicted molar refractivity (Wildman–Crippen MR) is 89.9 cm³/mol. The minimum Gasteiger partial charge on any atom is -0.507 e. The fourth-order valence-corrected chi connectivity index (χ4v) is 2.31. The summed E-state index contributed by atoms with van der Waals surface area (Å²) in [7, 11) is 1.63. The summed E-state index contributed by atoms with van der Waals surface area (Å²) in [6.45, 7) is 0.506. The van der Waals surface area contributed by atoms with Gasteiger partial charge in [0.25, 0.3) is 5.91 Å². The summed E-state index contributed by atoms with van der Waals surface area (Å²) < 4.78 is 5.99. The lowest BCUT2D eigenvalue weighted by Crippen LogP contribution is -2.25. The molecule has 0 spiro atoms. The van der Waals surface area contributed by atoms with Gasteiger partial charge in [-0.2, -0.15) is 0 Å². The number of para-hydroxylation sites is 1. The molecule has 2 rings (SSSR count). The predicted octanol–water partition coefficient (Wildman–Crippen LogP) is 2.98. The Morgan fingerprint density at radius 2 is 2.05 bits per heavy atom. The van der Waals surface area contributed by atoms with Gasteiger partial charge in [-0.05, 0) is 58.8 Å². The van der Waals surface area contributed by atoms with Crippen molar-refractivity contribution in [3.63, 3.8) is 0 Å². The molecule has 0 fully saturated rings. The van der Waals surface area contributed by atoms with E-state index in [-0.39, 0.29) is 11.7 Å². The quantitative estimate of drug-likeness (QED) is 0.763. The molecule has 2 aromatic carbocycles. The van der Waals surface area contributed by atoms with E-state index in [4.69, 9.17) is 4.74 Å². The summed E-state index contributed by atoms with van der Waals surface area (Å²) in [5, 5.41) is 12.5. The lowest BCUT2D eigenvalue weighted by molar-refractivity contribution is 0.0953. The van der Waals surface area contributed by atoms with E-state index in [2.05, 4.69) is 5.32 Å². The van der Waals surface area contributed by atoms with Gasteiger partial charge in [0, 0.05) is 12.1 Å². The molecule has 4 nitrogen and oxygen atoms in total. The molecule has 0 saturated carbocycles. The van der Waals surface area contributed by atoms with Crippen LogP contribution in [0.3, 0.4) is 0 Å². The summed E-state index contributed by atoms with van der Waals surface area (Å²) in [5.74, 6) is 0.739. The van der Waals surface area contributed by atoms with Crippen molar-refractivity contribution in [2.24, 2.45) is 0 Å². The first-order valence-electron chi connectivity index (χ1n) is 6.50. The van der Waals surface area contributed by atoms with Crippen LogP contribution in [0.15, 0.2) is 42.5 Å². The van der Waals surface area contributed by atoms with Crippen molar-refractivity contribution >= 4 is 28.5 Å². The number of amides is 1. The van der Waals surface area contributed by atoms with Crippen LogP contribution < -0.4 is 10.1 Å². The van der Waals surface area contributed by atoms with Gasteiger partial charge < -0.3 is 15.2 Å². The number of ether oxygens (including phenoxy) is 1. The van der Waals surface area contributed by atoms with Crippen LogP contribution >= 0.6 is 22.6 Å². The van der Waals surface area contributed by atoms with E-state index in [9.17, 15) is 9.90 Å². The molecule has 0 aliphatic rings. The standard InChI is InChI=1S/C16H16INO3/c1-21-15-5-3-2-4-11(15)8-9-18-16(20)12-6-7-13(17)14(19)10-12/h2-7,10,19H,8-9H2,1H3,(H,18,20). The zero-order valence-corrected chi connectivity index (χ0v) is 13.8. The van der Waals surface area contributed by atoms with Crippen LogP contribution in [0.25, 0.3) is 0 Å². The first-order valence-corrected chi connectivity index (χ1v) is 7.58. The summed E-state index contributed by atoms with van der Waals surface area (Å²) in [5.41, 5.74) is 1.50. The first-order chi connectivity index (χ1) is 10.1. The molecule has 0 heterocycles. The van der Waals surface area contributed by atoms with Crippen LogP contribution in [0.5, 0.6) is 11.5 Å². The number of methoxy groups -OCH3 is 1. The number of benzene rings is 2. The van der Waals surface area contributed by atoms with Crippen molar-refractivity contribution in [2.45, 2.75) is 6.42 Å². The van der Waals surface area contributed by atoms with Gasteiger partial charge in [0.05, 0.1) is 10.7 Å². The second-order valence-electron chi connectivity index (χ2n) is 4.48. The van der Waals surface area contributed by atoms with Crippen LogP contribution in [-0.2, 0) is 6.42 Å². The molecule has 1 amide bonds. The number of rotatable bonds is 5. The maximum Gasteiger partial charge on any atom is 0.251 e. The average Bonchev–Trinajstić information content (AvgIpc) is 2.50. The Balaban J connectivity index is 1.93. The Labute approximate surface area is 137 Å². The number of halogens is 1. The van der Waals surface area contributed by atoms with Gasteiger partial charge in [-0.15, -0.1) is 0 Å². The van der Waals surface area contributed by atoms with E-state index in [1.54, 1.807) is 19.2 Å². The van der Waals surface area contributed by atoms with E-state index in [0.29, 0.717) is 18.5 Å². The Kier molecular flexibility index (Phi) is 5.44. The molecule has 0 bridgehead atoms. The number of carbonyl (C=O) groups is 1. The summed E-state index contributed by atoms with van der Waals surface area (Å²) in [6, 6.07) is 12.6. The lowest BCUT2D eigenvalue weighted by Gasteiger charge is -2.09. The molecule has 110 valence electrons. The number of phenols is 1. The monoisotopic (exact) mass is 397 g/mol. The highest BCUT2D eigenvalue weighted by Crippen LogP contribution is 2.20. The van der Waals surface area contributed by atoms with Gasteiger partial charge >= 0.3 is 0 Å². The summed E-state index contributed by atoms with van der Waals surface area (Å²) >= 11 is 2.01. The van der Waals surface area contributed by atoms with Crippen molar-refractivity contribution in [1.82, 2.24) is 5.32 Å². The van der Waals surface area contributed by atoms with Gasteiger partial charge in [0.1, 0.15) is 11.5 Å². The third-order valence-corrected chi connectivity index (χ3v) is 3.99. The second kappa shape index (κ2) is 7.31. The molecule has 0 aliphatic carbocycles. The summed E-state index contributed by atoms with van der Waals surface area (Å²) in [4.78, 5) is 12.0. The average molecular weight is 397 g/mol. The van der Waals surface area contributed by atoms with Gasteiger partial charge in [0.15, 0.2) is 0 Å². The lowest BCUT2D eigenvalue weighted by atomic mass is 10.1. The van der Waals surface area contributed by atoms with Crippen molar-refractivity contribution in [3.05, 3.63) is 57.2 Å². The normalized spacial score (nSPS) is 10.2. The molecule has 0 unspecified atom stereocenters. The summed E-state index contributed by atoms with van der Waals surface area (Å²) in [6.07, 6.45) is 0.687. The van der Waals surface area contributed by atoms with Crippen molar-refractivity contribution in [2.75, 3.05) is 13.7 Å². The first kappa shape index (κ1) is 15.6. The van der Waals surface area contributed by atoms with Crippen LogP contribution in [0.2, 0.25) is 0 Å². The number of carbonyl (C=O) groups excluding carboxylic acids is 1. The molecule has 2 aromatic rings. The highest BCUT2D eigenvalue weighted by atomic mass is 127. The van der Waals surface area contributed by atoms with Gasteiger partial charge in [-0.25, -0.2) is 0 Å². The third-order valence-electron chi connectivity index (χ3n) is 3.08. The van der Waals surface area contributed by atoms with Crippen molar-refractivity contribution < 1.29 is 14.6 Å². The van der Waals surface area contributed by atoms with Gasteiger partial charge in [0.2, 0.25) is 0 Å². The Morgan fingerprint density at radius 1 is 1.29 bits per heavy atom. The van der Waals surface area contributed by atoms with Crippen LogP contribution in [0, 0.1) is 3.57 Å². The molecule has 5 heteroatoms. The Morgan fingerprint density at radius 3 is 2.76 bits per heavy atom. The van der Waals surface area contributed by atoms with Crippen molar-refractivity contribution in [1.29, 1.82) is 0 Å². The van der Waals surface area contributed by atoms with Crippen LogP contribution in [-0.4, -0.2) is 24.7 Å². The maximum atomic E-state index is 12.0. The molecular weight excluding hydrogens is 381 g/mol. The third kappa shape index (κ3) is 4.10. The molecule has 0 radical (unpaired) electrons. The second-order valence-corrected chi connectivity index (χ2v) is 5.65. The zero-order chi connectivity index (χ0) is 15.2. The highest BCUT2D eigenvalue weighted by Gasteiger charge is 2.08. The largest absolute Gasteiger partial charge is 0.507 e.